The van der Waals surface area contributed by atoms with Crippen LogP contribution in [-0.2, 0) is 0 Å². The molecule has 5 heteroatoms. The SMILES string of the molecule is C=C(C)CN(CC)C(=O)c1ccc(C(=O)O)cn1. The predicted octanol–water partition coefficient (Wildman–Crippen LogP) is 1.82. The molecule has 0 saturated heterocycles. The smallest absolute Gasteiger partial charge is 0.337 e. The maximum atomic E-state index is 12.1. The summed E-state index contributed by atoms with van der Waals surface area (Å²) in [6.45, 7) is 8.50. The molecule has 0 saturated carbocycles. The van der Waals surface area contributed by atoms with Gasteiger partial charge in [0.2, 0.25) is 0 Å². The summed E-state index contributed by atoms with van der Waals surface area (Å²) in [5.41, 5.74) is 1.19. The summed E-state index contributed by atoms with van der Waals surface area (Å²) in [6, 6.07) is 2.80. The van der Waals surface area contributed by atoms with E-state index in [4.69, 9.17) is 5.11 Å². The van der Waals surface area contributed by atoms with E-state index in [2.05, 4.69) is 11.6 Å². The lowest BCUT2D eigenvalue weighted by Crippen LogP contribution is -2.32. The third-order valence-corrected chi connectivity index (χ3v) is 2.36. The molecule has 0 spiro atoms. The molecule has 1 N–H and O–H groups in total. The van der Waals surface area contributed by atoms with Gasteiger partial charge in [0.1, 0.15) is 5.69 Å². The van der Waals surface area contributed by atoms with Crippen molar-refractivity contribution in [1.82, 2.24) is 9.88 Å². The van der Waals surface area contributed by atoms with Crippen LogP contribution in [0, 0.1) is 0 Å². The Morgan fingerprint density at radius 1 is 1.44 bits per heavy atom. The molecule has 96 valence electrons. The van der Waals surface area contributed by atoms with E-state index in [9.17, 15) is 9.59 Å². The van der Waals surface area contributed by atoms with Gasteiger partial charge in [0.25, 0.3) is 5.91 Å². The van der Waals surface area contributed by atoms with Gasteiger partial charge in [-0.05, 0) is 26.0 Å². The third-order valence-electron chi connectivity index (χ3n) is 2.36. The fourth-order valence-corrected chi connectivity index (χ4v) is 1.46. The molecule has 0 aromatic carbocycles. The first-order valence-electron chi connectivity index (χ1n) is 5.58. The number of rotatable bonds is 5. The fraction of sp³-hybridized carbons (Fsp3) is 0.308. The normalized spacial score (nSPS) is 9.89. The number of likely N-dealkylation sites (N-methyl/N-ethyl adjacent to an activating group) is 1. The third kappa shape index (κ3) is 3.41. The Kier molecular flexibility index (Phi) is 4.59. The van der Waals surface area contributed by atoms with Crippen LogP contribution in [0.5, 0.6) is 0 Å². The van der Waals surface area contributed by atoms with E-state index in [0.29, 0.717) is 13.1 Å². The summed E-state index contributed by atoms with van der Waals surface area (Å²) in [7, 11) is 0. The standard InChI is InChI=1S/C13H16N2O3/c1-4-15(8-9(2)3)12(16)11-6-5-10(7-14-11)13(17)18/h5-7H,2,4,8H2,1,3H3,(H,17,18). The second kappa shape index (κ2) is 5.95. The van der Waals surface area contributed by atoms with Gasteiger partial charge in [-0.3, -0.25) is 9.78 Å². The lowest BCUT2D eigenvalue weighted by molar-refractivity contribution is 0.0693. The van der Waals surface area contributed by atoms with Crippen molar-refractivity contribution in [3.8, 4) is 0 Å². The minimum Gasteiger partial charge on any atom is -0.478 e. The van der Waals surface area contributed by atoms with Gasteiger partial charge < -0.3 is 10.0 Å². The van der Waals surface area contributed by atoms with Crippen molar-refractivity contribution >= 4 is 11.9 Å². The van der Waals surface area contributed by atoms with E-state index in [0.717, 1.165) is 5.57 Å². The number of hydrogen-bond acceptors (Lipinski definition) is 3. The minimum atomic E-state index is -1.06. The number of nitrogens with zero attached hydrogens (tertiary/aromatic N) is 2. The number of aromatic nitrogens is 1. The first-order chi connectivity index (χ1) is 8.45. The summed E-state index contributed by atoms with van der Waals surface area (Å²) < 4.78 is 0. The zero-order valence-corrected chi connectivity index (χ0v) is 10.5. The molecule has 18 heavy (non-hydrogen) atoms. The highest BCUT2D eigenvalue weighted by Crippen LogP contribution is 2.06. The summed E-state index contributed by atoms with van der Waals surface area (Å²) in [6.07, 6.45) is 1.18. The van der Waals surface area contributed by atoms with Crippen molar-refractivity contribution in [2.75, 3.05) is 13.1 Å². The van der Waals surface area contributed by atoms with E-state index >= 15 is 0 Å². The Morgan fingerprint density at radius 2 is 2.11 bits per heavy atom. The number of carbonyl (C=O) groups is 2. The highest BCUT2D eigenvalue weighted by Gasteiger charge is 2.15. The van der Waals surface area contributed by atoms with Crippen LogP contribution in [0.1, 0.15) is 34.7 Å². The first kappa shape index (κ1) is 13.9. The van der Waals surface area contributed by atoms with Crippen LogP contribution < -0.4 is 0 Å². The summed E-state index contributed by atoms with van der Waals surface area (Å²) in [4.78, 5) is 28.2. The van der Waals surface area contributed by atoms with Gasteiger partial charge in [0.05, 0.1) is 5.56 Å². The minimum absolute atomic E-state index is 0.0644. The Hall–Kier alpha value is -2.17. The van der Waals surface area contributed by atoms with Crippen LogP contribution in [0.25, 0.3) is 0 Å². The van der Waals surface area contributed by atoms with Gasteiger partial charge in [-0.2, -0.15) is 0 Å². The van der Waals surface area contributed by atoms with Crippen LogP contribution >= 0.6 is 0 Å². The zero-order chi connectivity index (χ0) is 13.7. The van der Waals surface area contributed by atoms with E-state index < -0.39 is 5.97 Å². The second-order valence-corrected chi connectivity index (χ2v) is 4.01. The number of carboxylic acid groups (broad SMARTS) is 1. The number of carbonyl (C=O) groups excluding carboxylic acids is 1. The molecule has 0 atom stereocenters. The van der Waals surface area contributed by atoms with E-state index in [1.807, 2.05) is 13.8 Å². The van der Waals surface area contributed by atoms with Gasteiger partial charge in [0.15, 0.2) is 0 Å². The second-order valence-electron chi connectivity index (χ2n) is 4.01. The lowest BCUT2D eigenvalue weighted by atomic mass is 10.2. The van der Waals surface area contributed by atoms with E-state index in [1.165, 1.54) is 18.3 Å². The van der Waals surface area contributed by atoms with Crippen molar-refractivity contribution < 1.29 is 14.7 Å². The number of carboxylic acids is 1. The molecule has 0 fully saturated rings. The largest absolute Gasteiger partial charge is 0.478 e. The molecule has 0 aliphatic rings. The number of aromatic carboxylic acids is 1. The van der Waals surface area contributed by atoms with Crippen molar-refractivity contribution in [3.63, 3.8) is 0 Å². The topological polar surface area (TPSA) is 70.5 Å². The first-order valence-corrected chi connectivity index (χ1v) is 5.58. The molecule has 0 bridgehead atoms. The van der Waals surface area contributed by atoms with E-state index in [1.54, 1.807) is 4.90 Å². The van der Waals surface area contributed by atoms with E-state index in [-0.39, 0.29) is 17.2 Å². The average Bonchev–Trinajstić information content (AvgIpc) is 2.35. The van der Waals surface area contributed by atoms with Crippen molar-refractivity contribution in [1.29, 1.82) is 0 Å². The van der Waals surface area contributed by atoms with Gasteiger partial charge in [-0.25, -0.2) is 4.79 Å². The molecule has 0 unspecified atom stereocenters. The quantitative estimate of drug-likeness (QED) is 0.807. The summed E-state index contributed by atoms with van der Waals surface area (Å²) in [5.74, 6) is -1.28. The molecular weight excluding hydrogens is 232 g/mol. The average molecular weight is 248 g/mol. The van der Waals surface area contributed by atoms with Gasteiger partial charge in [-0.1, -0.05) is 12.2 Å². The molecule has 1 amide bonds. The van der Waals surface area contributed by atoms with Crippen LogP contribution in [0.3, 0.4) is 0 Å². The molecule has 5 nitrogen and oxygen atoms in total. The molecule has 1 aromatic rings. The molecule has 0 aliphatic heterocycles. The van der Waals surface area contributed by atoms with Crippen LogP contribution in [0.15, 0.2) is 30.5 Å². The Labute approximate surface area is 106 Å². The molecule has 1 rings (SSSR count). The summed E-state index contributed by atoms with van der Waals surface area (Å²) in [5, 5.41) is 8.74. The van der Waals surface area contributed by atoms with Crippen molar-refractivity contribution in [2.45, 2.75) is 13.8 Å². The number of amides is 1. The molecule has 1 heterocycles. The molecular formula is C13H16N2O3. The highest BCUT2D eigenvalue weighted by atomic mass is 16.4. The van der Waals surface area contributed by atoms with Gasteiger partial charge >= 0.3 is 5.97 Å². The molecule has 0 aliphatic carbocycles. The van der Waals surface area contributed by atoms with Crippen molar-refractivity contribution in [3.05, 3.63) is 41.7 Å². The molecule has 1 aromatic heterocycles. The maximum Gasteiger partial charge on any atom is 0.337 e. The van der Waals surface area contributed by atoms with Crippen LogP contribution in [0.2, 0.25) is 0 Å². The fourth-order valence-electron chi connectivity index (χ4n) is 1.46. The van der Waals surface area contributed by atoms with Gasteiger partial charge in [-0.15, -0.1) is 0 Å². The zero-order valence-electron chi connectivity index (χ0n) is 10.5. The maximum absolute atomic E-state index is 12.1. The number of hydrogen-bond donors (Lipinski definition) is 1. The molecule has 0 radical (unpaired) electrons. The predicted molar refractivity (Wildman–Crippen MR) is 67.6 cm³/mol. The Balaban J connectivity index is 2.88. The van der Waals surface area contributed by atoms with Crippen LogP contribution in [0.4, 0.5) is 0 Å². The van der Waals surface area contributed by atoms with Crippen molar-refractivity contribution in [2.24, 2.45) is 0 Å². The highest BCUT2D eigenvalue weighted by molar-refractivity contribution is 5.93. The lowest BCUT2D eigenvalue weighted by Gasteiger charge is -2.20. The monoisotopic (exact) mass is 248 g/mol. The number of pyridine rings is 1. The Morgan fingerprint density at radius 3 is 2.50 bits per heavy atom. The summed E-state index contributed by atoms with van der Waals surface area (Å²) >= 11 is 0. The Bertz CT molecular complexity index is 466. The van der Waals surface area contributed by atoms with Crippen LogP contribution in [-0.4, -0.2) is 40.0 Å². The van der Waals surface area contributed by atoms with Gasteiger partial charge in [0, 0.05) is 19.3 Å².